The minimum absolute atomic E-state index is 0.00798. The second-order valence-corrected chi connectivity index (χ2v) is 11.4. The van der Waals surface area contributed by atoms with Crippen molar-refractivity contribution in [2.45, 2.75) is 6.54 Å². The number of aromatic carboxylic acids is 1. The number of nitro groups is 1. The largest absolute Gasteiger partial charge is 0.478 e. The van der Waals surface area contributed by atoms with Gasteiger partial charge in [0.2, 0.25) is 0 Å². The Balaban J connectivity index is 1.20. The van der Waals surface area contributed by atoms with E-state index < -0.39 is 10.9 Å². The number of nitrogens with zero attached hydrogens (tertiary/aromatic N) is 3. The molecule has 10 heteroatoms. The summed E-state index contributed by atoms with van der Waals surface area (Å²) in [6, 6.07) is 33.7. The van der Waals surface area contributed by atoms with Gasteiger partial charge in [-0.25, -0.2) is 9.78 Å². The van der Waals surface area contributed by atoms with Crippen LogP contribution in [-0.4, -0.2) is 25.6 Å². The molecule has 6 aromatic rings. The Hall–Kier alpha value is -5.70. The topological polar surface area (TPSA) is 107 Å². The Labute approximate surface area is 279 Å². The molecule has 0 unspecified atom stereocenters. The molecule has 8 nitrogen and oxygen atoms in total. The molecule has 1 aromatic heterocycles. The van der Waals surface area contributed by atoms with Crippen molar-refractivity contribution in [3.8, 4) is 33.9 Å². The first-order chi connectivity index (χ1) is 22.7. The van der Waals surface area contributed by atoms with Crippen LogP contribution in [0.1, 0.15) is 27.3 Å². The number of carbonyl (C=O) groups is 1. The highest BCUT2D eigenvalue weighted by atomic mass is 35.5. The number of non-ortho nitro benzene ring substituents is 1. The molecule has 0 spiro atoms. The first kappa shape index (κ1) is 31.3. The predicted molar refractivity (Wildman–Crippen MR) is 184 cm³/mol. The minimum Gasteiger partial charge on any atom is -0.478 e. The number of carboxylic acid groups (broad SMARTS) is 1. The van der Waals surface area contributed by atoms with Crippen LogP contribution in [0.15, 0.2) is 121 Å². The first-order valence-corrected chi connectivity index (χ1v) is 15.1. The van der Waals surface area contributed by atoms with Crippen LogP contribution in [0.5, 0.6) is 11.5 Å². The van der Waals surface area contributed by atoms with Crippen LogP contribution in [0.25, 0.3) is 34.5 Å². The fourth-order valence-electron chi connectivity index (χ4n) is 4.91. The molecule has 47 heavy (non-hydrogen) atoms. The fraction of sp³-hybridized carbons (Fsp3) is 0.0270. The summed E-state index contributed by atoms with van der Waals surface area (Å²) in [6.07, 6.45) is 5.82. The number of imidazole rings is 1. The molecule has 0 saturated heterocycles. The predicted octanol–water partition coefficient (Wildman–Crippen LogP) is 10.1. The SMILES string of the molecule is O=C(O)c1ccc(Cn2cc(-c3ccc(Cl)cc3Cl)nc2C=Cc2ccc(-c3ccc(Oc4ccc([N+](=O)[O-])cc4)cc3)cc2)cc1. The Kier molecular flexibility index (Phi) is 9.15. The lowest BCUT2D eigenvalue weighted by Gasteiger charge is -2.07. The van der Waals surface area contributed by atoms with Crippen LogP contribution in [0.4, 0.5) is 5.69 Å². The molecule has 1 N–H and O–H groups in total. The van der Waals surface area contributed by atoms with E-state index in [-0.39, 0.29) is 11.3 Å². The summed E-state index contributed by atoms with van der Waals surface area (Å²) in [5, 5.41) is 21.2. The normalized spacial score (nSPS) is 11.1. The number of nitro benzene ring substituents is 1. The van der Waals surface area contributed by atoms with E-state index in [1.807, 2.05) is 77.5 Å². The number of hydrogen-bond acceptors (Lipinski definition) is 5. The van der Waals surface area contributed by atoms with Gasteiger partial charge in [-0.15, -0.1) is 0 Å². The fourth-order valence-corrected chi connectivity index (χ4v) is 5.42. The van der Waals surface area contributed by atoms with E-state index in [1.54, 1.807) is 48.5 Å². The molecule has 0 saturated carbocycles. The number of halogens is 2. The Morgan fingerprint density at radius 2 is 1.45 bits per heavy atom. The van der Waals surface area contributed by atoms with E-state index in [9.17, 15) is 20.0 Å². The highest BCUT2D eigenvalue weighted by Crippen LogP contribution is 2.31. The molecule has 5 aromatic carbocycles. The number of ether oxygens (including phenoxy) is 1. The molecule has 232 valence electrons. The Morgan fingerprint density at radius 3 is 2.04 bits per heavy atom. The van der Waals surface area contributed by atoms with Crippen molar-refractivity contribution in [3.63, 3.8) is 0 Å². The maximum atomic E-state index is 11.3. The number of aromatic nitrogens is 2. The standard InChI is InChI=1S/C37H25Cl2N3O5/c38-29-12-19-33(34(39)21-29)35-23-41(22-25-3-8-28(9-4-25)37(43)44)36(40-35)20-5-24-1-6-26(7-2-24)27-10-15-31(16-11-27)47-32-17-13-30(14-18-32)42(45)46/h1-21,23H,22H2,(H,43,44). The average molecular weight is 663 g/mol. The van der Waals surface area contributed by atoms with E-state index in [0.717, 1.165) is 27.8 Å². The second-order valence-electron chi connectivity index (χ2n) is 10.6. The molecule has 0 aliphatic heterocycles. The monoisotopic (exact) mass is 661 g/mol. The van der Waals surface area contributed by atoms with E-state index in [2.05, 4.69) is 0 Å². The molecule has 0 amide bonds. The summed E-state index contributed by atoms with van der Waals surface area (Å²) >= 11 is 12.6. The smallest absolute Gasteiger partial charge is 0.335 e. The van der Waals surface area contributed by atoms with Gasteiger partial charge in [0.25, 0.3) is 5.69 Å². The summed E-state index contributed by atoms with van der Waals surface area (Å²) in [5.74, 6) is 0.856. The van der Waals surface area contributed by atoms with Gasteiger partial charge in [-0.1, -0.05) is 77.8 Å². The van der Waals surface area contributed by atoms with Gasteiger partial charge in [0.1, 0.15) is 17.3 Å². The van der Waals surface area contributed by atoms with Gasteiger partial charge in [0.15, 0.2) is 0 Å². The zero-order chi connectivity index (χ0) is 32.9. The molecule has 1 heterocycles. The lowest BCUT2D eigenvalue weighted by atomic mass is 10.0. The highest BCUT2D eigenvalue weighted by molar-refractivity contribution is 6.36. The number of hydrogen-bond donors (Lipinski definition) is 1. The van der Waals surface area contributed by atoms with Crippen molar-refractivity contribution < 1.29 is 19.6 Å². The Morgan fingerprint density at radius 1 is 0.830 bits per heavy atom. The van der Waals surface area contributed by atoms with Crippen LogP contribution >= 0.6 is 23.2 Å². The van der Waals surface area contributed by atoms with Crippen molar-refractivity contribution in [2.75, 3.05) is 0 Å². The lowest BCUT2D eigenvalue weighted by Crippen LogP contribution is -2.02. The maximum absolute atomic E-state index is 11.3. The first-order valence-electron chi connectivity index (χ1n) is 14.4. The minimum atomic E-state index is -0.973. The summed E-state index contributed by atoms with van der Waals surface area (Å²) in [5.41, 5.74) is 5.59. The van der Waals surface area contributed by atoms with Crippen LogP contribution in [0.3, 0.4) is 0 Å². The van der Waals surface area contributed by atoms with Crippen LogP contribution in [0.2, 0.25) is 10.0 Å². The molecule has 0 radical (unpaired) electrons. The zero-order valence-electron chi connectivity index (χ0n) is 24.6. The quantitative estimate of drug-likeness (QED) is 0.116. The van der Waals surface area contributed by atoms with E-state index >= 15 is 0 Å². The van der Waals surface area contributed by atoms with Crippen molar-refractivity contribution in [3.05, 3.63) is 164 Å². The third kappa shape index (κ3) is 7.58. The molecule has 6 rings (SSSR count). The summed E-state index contributed by atoms with van der Waals surface area (Å²) in [6.45, 7) is 0.473. The Bertz CT molecular complexity index is 2090. The van der Waals surface area contributed by atoms with Gasteiger partial charge in [-0.3, -0.25) is 10.1 Å². The second kappa shape index (κ2) is 13.7. The third-order valence-electron chi connectivity index (χ3n) is 7.37. The van der Waals surface area contributed by atoms with Gasteiger partial charge in [-0.05, 0) is 82.9 Å². The molecule has 0 aliphatic carbocycles. The van der Waals surface area contributed by atoms with E-state index in [1.165, 1.54) is 12.1 Å². The van der Waals surface area contributed by atoms with Crippen molar-refractivity contribution in [2.24, 2.45) is 0 Å². The van der Waals surface area contributed by atoms with Gasteiger partial charge in [-0.2, -0.15) is 0 Å². The van der Waals surface area contributed by atoms with Gasteiger partial charge in [0, 0.05) is 35.5 Å². The van der Waals surface area contributed by atoms with E-state index in [4.69, 9.17) is 32.9 Å². The number of carboxylic acids is 1. The lowest BCUT2D eigenvalue weighted by molar-refractivity contribution is -0.384. The van der Waals surface area contributed by atoms with Crippen LogP contribution < -0.4 is 4.74 Å². The summed E-state index contributed by atoms with van der Waals surface area (Å²) < 4.78 is 7.81. The molecular weight excluding hydrogens is 637 g/mol. The number of benzene rings is 5. The van der Waals surface area contributed by atoms with Crippen molar-refractivity contribution >= 4 is 47.0 Å². The molecule has 0 aliphatic rings. The van der Waals surface area contributed by atoms with Crippen LogP contribution in [-0.2, 0) is 6.54 Å². The molecule has 0 atom stereocenters. The van der Waals surface area contributed by atoms with E-state index in [0.29, 0.717) is 39.6 Å². The van der Waals surface area contributed by atoms with Crippen molar-refractivity contribution in [1.29, 1.82) is 0 Å². The summed E-state index contributed by atoms with van der Waals surface area (Å²) in [7, 11) is 0. The van der Waals surface area contributed by atoms with Gasteiger partial charge < -0.3 is 14.4 Å². The summed E-state index contributed by atoms with van der Waals surface area (Å²) in [4.78, 5) is 26.6. The molecular formula is C37H25Cl2N3O5. The highest BCUT2D eigenvalue weighted by Gasteiger charge is 2.13. The average Bonchev–Trinajstić information content (AvgIpc) is 3.46. The maximum Gasteiger partial charge on any atom is 0.335 e. The molecule has 0 fully saturated rings. The van der Waals surface area contributed by atoms with Crippen molar-refractivity contribution in [1.82, 2.24) is 9.55 Å². The zero-order valence-corrected chi connectivity index (χ0v) is 26.1. The van der Waals surface area contributed by atoms with Gasteiger partial charge in [0.05, 0.1) is 21.2 Å². The van der Waals surface area contributed by atoms with Gasteiger partial charge >= 0.3 is 5.97 Å². The van der Waals surface area contributed by atoms with Crippen LogP contribution in [0, 0.1) is 10.1 Å². The number of rotatable bonds is 10. The molecule has 0 bridgehead atoms. The third-order valence-corrected chi connectivity index (χ3v) is 7.92.